The Hall–Kier alpha value is -2.18. The molecule has 0 fully saturated rings. The lowest BCUT2D eigenvalue weighted by Gasteiger charge is -2.28. The molecule has 0 aliphatic carbocycles. The molecule has 0 heterocycles. The lowest BCUT2D eigenvalue weighted by Crippen LogP contribution is -2.39. The van der Waals surface area contributed by atoms with Gasteiger partial charge < -0.3 is 4.90 Å². The van der Waals surface area contributed by atoms with E-state index in [2.05, 4.69) is 4.72 Å². The zero-order chi connectivity index (χ0) is 17.6. The molecule has 1 atom stereocenters. The van der Waals surface area contributed by atoms with Crippen LogP contribution in [0.4, 0.5) is 0 Å². The van der Waals surface area contributed by atoms with Crippen molar-refractivity contribution in [1.29, 1.82) is 0 Å². The third-order valence-electron chi connectivity index (χ3n) is 3.85. The van der Waals surface area contributed by atoms with Gasteiger partial charge in [0.2, 0.25) is 15.9 Å². The number of sulfonamides is 1. The van der Waals surface area contributed by atoms with Gasteiger partial charge >= 0.3 is 0 Å². The second-order valence-corrected chi connectivity index (χ2v) is 7.28. The highest BCUT2D eigenvalue weighted by Crippen LogP contribution is 2.19. The minimum Gasteiger partial charge on any atom is -0.335 e. The van der Waals surface area contributed by atoms with E-state index in [0.29, 0.717) is 6.54 Å². The molecule has 1 N–H and O–H groups in total. The van der Waals surface area contributed by atoms with E-state index in [0.717, 1.165) is 5.56 Å². The Balaban J connectivity index is 2.01. The zero-order valence-electron chi connectivity index (χ0n) is 13.8. The van der Waals surface area contributed by atoms with Crippen molar-refractivity contribution in [2.45, 2.75) is 24.8 Å². The molecule has 2 rings (SSSR count). The van der Waals surface area contributed by atoms with Crippen LogP contribution in [0.1, 0.15) is 25.5 Å². The van der Waals surface area contributed by atoms with Gasteiger partial charge in [-0.15, -0.1) is 0 Å². The summed E-state index contributed by atoms with van der Waals surface area (Å²) in [6.45, 7) is 3.89. The van der Waals surface area contributed by atoms with Gasteiger partial charge in [0.05, 0.1) is 10.9 Å². The average molecular weight is 346 g/mol. The Kier molecular flexibility index (Phi) is 6.11. The highest BCUT2D eigenvalue weighted by atomic mass is 32.2. The number of carbonyl (C=O) groups excluding carboxylic acids is 1. The molecule has 6 heteroatoms. The van der Waals surface area contributed by atoms with Gasteiger partial charge in [0.15, 0.2) is 0 Å². The van der Waals surface area contributed by atoms with E-state index >= 15 is 0 Å². The molecule has 2 aromatic carbocycles. The third-order valence-corrected chi connectivity index (χ3v) is 5.33. The van der Waals surface area contributed by atoms with Gasteiger partial charge in [-0.05, 0) is 24.6 Å². The summed E-state index contributed by atoms with van der Waals surface area (Å²) in [6, 6.07) is 17.7. The lowest BCUT2D eigenvalue weighted by molar-refractivity contribution is -0.130. The van der Waals surface area contributed by atoms with Crippen molar-refractivity contribution in [3.63, 3.8) is 0 Å². The lowest BCUT2D eigenvalue weighted by atomic mass is 10.1. The van der Waals surface area contributed by atoms with Crippen LogP contribution < -0.4 is 4.72 Å². The second kappa shape index (κ2) is 8.08. The highest BCUT2D eigenvalue weighted by Gasteiger charge is 2.19. The predicted molar refractivity (Wildman–Crippen MR) is 93.9 cm³/mol. The molecule has 0 saturated heterocycles. The van der Waals surface area contributed by atoms with Gasteiger partial charge in [0.1, 0.15) is 0 Å². The van der Waals surface area contributed by atoms with Gasteiger partial charge in [-0.2, -0.15) is 0 Å². The molecule has 0 bridgehead atoms. The van der Waals surface area contributed by atoms with Gasteiger partial charge in [0.25, 0.3) is 0 Å². The monoisotopic (exact) mass is 346 g/mol. The van der Waals surface area contributed by atoms with Crippen molar-refractivity contribution >= 4 is 15.9 Å². The van der Waals surface area contributed by atoms with E-state index in [-0.39, 0.29) is 23.4 Å². The van der Waals surface area contributed by atoms with Crippen LogP contribution in [-0.4, -0.2) is 32.3 Å². The molecular formula is C18H22N2O3S. The zero-order valence-corrected chi connectivity index (χ0v) is 14.7. The maximum atomic E-state index is 12.2. The van der Waals surface area contributed by atoms with Gasteiger partial charge in [-0.25, -0.2) is 13.1 Å². The van der Waals surface area contributed by atoms with E-state index in [1.54, 1.807) is 23.1 Å². The minimum atomic E-state index is -3.56. The van der Waals surface area contributed by atoms with Crippen molar-refractivity contribution in [3.05, 3.63) is 66.2 Å². The van der Waals surface area contributed by atoms with Crippen LogP contribution in [0.2, 0.25) is 0 Å². The first-order valence-corrected chi connectivity index (χ1v) is 9.27. The number of carbonyl (C=O) groups is 1. The average Bonchev–Trinajstić information content (AvgIpc) is 2.59. The second-order valence-electron chi connectivity index (χ2n) is 5.51. The van der Waals surface area contributed by atoms with Crippen molar-refractivity contribution in [2.75, 3.05) is 13.1 Å². The summed E-state index contributed by atoms with van der Waals surface area (Å²) < 4.78 is 27.0. The van der Waals surface area contributed by atoms with Crippen LogP contribution in [0.25, 0.3) is 0 Å². The fourth-order valence-corrected chi connectivity index (χ4v) is 3.56. The Morgan fingerprint density at radius 2 is 1.58 bits per heavy atom. The summed E-state index contributed by atoms with van der Waals surface area (Å²) in [5, 5.41) is 0. The summed E-state index contributed by atoms with van der Waals surface area (Å²) >= 11 is 0. The predicted octanol–water partition coefficient (Wildman–Crippen LogP) is 2.57. The van der Waals surface area contributed by atoms with Gasteiger partial charge in [-0.3, -0.25) is 4.79 Å². The van der Waals surface area contributed by atoms with Crippen molar-refractivity contribution in [2.24, 2.45) is 0 Å². The standard InChI is InChI=1S/C18H22N2O3S/c1-15(17-9-5-3-6-10-17)20(16(2)21)14-13-19-24(22,23)18-11-7-4-8-12-18/h3-12,15,19H,13-14H2,1-2H3. The summed E-state index contributed by atoms with van der Waals surface area (Å²) in [4.78, 5) is 13.8. The van der Waals surface area contributed by atoms with Crippen molar-refractivity contribution in [3.8, 4) is 0 Å². The molecule has 0 spiro atoms. The molecule has 2 aromatic rings. The molecule has 0 saturated carbocycles. The number of hydrogen-bond acceptors (Lipinski definition) is 3. The number of hydrogen-bond donors (Lipinski definition) is 1. The van der Waals surface area contributed by atoms with E-state index in [1.807, 2.05) is 37.3 Å². The molecule has 0 aliphatic rings. The Bertz CT molecular complexity index is 761. The first kappa shape index (κ1) is 18.2. The normalized spacial score (nSPS) is 12.6. The molecule has 0 aromatic heterocycles. The summed E-state index contributed by atoms with van der Waals surface area (Å²) in [5.74, 6) is -0.0923. The molecule has 128 valence electrons. The van der Waals surface area contributed by atoms with Crippen LogP contribution in [0.15, 0.2) is 65.6 Å². The summed E-state index contributed by atoms with van der Waals surface area (Å²) in [6.07, 6.45) is 0. The molecule has 1 unspecified atom stereocenters. The Labute approximate surface area is 143 Å². The molecule has 24 heavy (non-hydrogen) atoms. The highest BCUT2D eigenvalue weighted by molar-refractivity contribution is 7.89. The fraction of sp³-hybridized carbons (Fsp3) is 0.278. The molecular weight excluding hydrogens is 324 g/mol. The van der Waals surface area contributed by atoms with Crippen LogP contribution in [-0.2, 0) is 14.8 Å². The van der Waals surface area contributed by atoms with E-state index in [1.165, 1.54) is 19.1 Å². The summed E-state index contributed by atoms with van der Waals surface area (Å²) in [7, 11) is -3.56. The number of amides is 1. The number of rotatable bonds is 7. The minimum absolute atomic E-state index is 0.0923. The Morgan fingerprint density at radius 1 is 1.04 bits per heavy atom. The molecule has 5 nitrogen and oxygen atoms in total. The summed E-state index contributed by atoms with van der Waals surface area (Å²) in [5.41, 5.74) is 1.01. The van der Waals surface area contributed by atoms with E-state index in [9.17, 15) is 13.2 Å². The third kappa shape index (κ3) is 4.66. The molecule has 0 radical (unpaired) electrons. The largest absolute Gasteiger partial charge is 0.335 e. The SMILES string of the molecule is CC(=O)N(CCNS(=O)(=O)c1ccccc1)C(C)c1ccccc1. The van der Waals surface area contributed by atoms with Crippen LogP contribution in [0.3, 0.4) is 0 Å². The van der Waals surface area contributed by atoms with Crippen LogP contribution in [0.5, 0.6) is 0 Å². The van der Waals surface area contributed by atoms with Crippen molar-refractivity contribution < 1.29 is 13.2 Å². The topological polar surface area (TPSA) is 66.5 Å². The molecule has 1 amide bonds. The first-order chi connectivity index (χ1) is 11.4. The number of benzene rings is 2. The molecule has 0 aliphatic heterocycles. The number of nitrogens with one attached hydrogen (secondary N) is 1. The van der Waals surface area contributed by atoms with Gasteiger partial charge in [0, 0.05) is 20.0 Å². The maximum Gasteiger partial charge on any atom is 0.240 e. The van der Waals surface area contributed by atoms with Gasteiger partial charge in [-0.1, -0.05) is 48.5 Å². The van der Waals surface area contributed by atoms with Crippen LogP contribution >= 0.6 is 0 Å². The quantitative estimate of drug-likeness (QED) is 0.838. The Morgan fingerprint density at radius 3 is 2.12 bits per heavy atom. The van der Waals surface area contributed by atoms with Crippen molar-refractivity contribution in [1.82, 2.24) is 9.62 Å². The first-order valence-electron chi connectivity index (χ1n) is 7.78. The van der Waals surface area contributed by atoms with E-state index in [4.69, 9.17) is 0 Å². The number of nitrogens with zero attached hydrogens (tertiary/aromatic N) is 1. The van der Waals surface area contributed by atoms with E-state index < -0.39 is 10.0 Å². The fourth-order valence-electron chi connectivity index (χ4n) is 2.52. The maximum absolute atomic E-state index is 12.2. The van der Waals surface area contributed by atoms with Crippen LogP contribution in [0, 0.1) is 0 Å². The smallest absolute Gasteiger partial charge is 0.240 e.